The number of nitrogens with zero attached hydrogens (tertiary/aromatic N) is 1. The lowest BCUT2D eigenvalue weighted by Gasteiger charge is -2.58. The number of rotatable bonds is 7. The first kappa shape index (κ1) is 23.7. The molecular formula is C31H37NO5. The average Bonchev–Trinajstić information content (AvgIpc) is 3.55. The Kier molecular flexibility index (Phi) is 5.83. The highest BCUT2D eigenvalue weighted by Gasteiger charge is 2.66. The second-order valence-corrected chi connectivity index (χ2v) is 11.6. The third kappa shape index (κ3) is 3.59. The summed E-state index contributed by atoms with van der Waals surface area (Å²) in [5, 5.41) is 0. The number of hydrogen-bond donors (Lipinski definition) is 0. The van der Waals surface area contributed by atoms with Crippen LogP contribution < -0.4 is 9.47 Å². The molecule has 2 saturated heterocycles. The minimum absolute atomic E-state index is 0.203. The standard InChI is InChI=1S/C31H37NO5/c1-19(28(34-2)20-7-4-3-5-8-20)36-26-13-10-21-17-24-23-11-12-25(33)30-31(23,27(21)29(26)37-30)14-15-32(24)18-22-9-6-16-35-22/h3-5,7-8,10,13,19,22-24,28,30H,6,9,11-12,14-18H2,1-2H3/t19?,22?,23-,24+,28?,30?,31-/m0/s1. The van der Waals surface area contributed by atoms with Gasteiger partial charge in [0.05, 0.1) is 6.10 Å². The van der Waals surface area contributed by atoms with E-state index in [9.17, 15) is 4.79 Å². The van der Waals surface area contributed by atoms with Gasteiger partial charge in [-0.05, 0) is 68.7 Å². The monoisotopic (exact) mass is 503 g/mol. The van der Waals surface area contributed by atoms with Crippen LogP contribution in [0.3, 0.4) is 0 Å². The molecule has 1 saturated carbocycles. The minimum atomic E-state index is -0.389. The quantitative estimate of drug-likeness (QED) is 0.549. The molecule has 2 aromatic carbocycles. The number of ether oxygens (including phenoxy) is 4. The summed E-state index contributed by atoms with van der Waals surface area (Å²) in [4.78, 5) is 16.0. The molecule has 0 radical (unpaired) electrons. The van der Waals surface area contributed by atoms with Gasteiger partial charge in [-0.3, -0.25) is 9.69 Å². The SMILES string of the molecule is COC(c1ccccc1)C(C)Oc1ccc2c3c1OC1C(=O)CC[C@H]4[C@@H](C2)N(CC2CCCO2)CC[C@]314. The molecule has 0 amide bonds. The zero-order chi connectivity index (χ0) is 25.1. The van der Waals surface area contributed by atoms with E-state index >= 15 is 0 Å². The first-order chi connectivity index (χ1) is 18.1. The zero-order valence-corrected chi connectivity index (χ0v) is 21.9. The van der Waals surface area contributed by atoms with Crippen LogP contribution in [-0.4, -0.2) is 61.8 Å². The van der Waals surface area contributed by atoms with Gasteiger partial charge in [0, 0.05) is 43.7 Å². The lowest BCUT2D eigenvalue weighted by molar-refractivity contribution is -0.139. The molecule has 2 aromatic rings. The lowest BCUT2D eigenvalue weighted by atomic mass is 9.51. The van der Waals surface area contributed by atoms with E-state index < -0.39 is 0 Å². The Balaban J connectivity index is 1.23. The van der Waals surface area contributed by atoms with Gasteiger partial charge < -0.3 is 18.9 Å². The first-order valence-electron chi connectivity index (χ1n) is 14.1. The molecule has 3 aliphatic heterocycles. The second-order valence-electron chi connectivity index (χ2n) is 11.6. The van der Waals surface area contributed by atoms with Crippen LogP contribution in [-0.2, 0) is 26.1 Å². The second kappa shape index (κ2) is 9.11. The molecule has 2 aliphatic carbocycles. The van der Waals surface area contributed by atoms with Gasteiger partial charge in [-0.25, -0.2) is 0 Å². The normalized spacial score (nSPS) is 33.5. The van der Waals surface area contributed by atoms with Crippen molar-refractivity contribution in [3.05, 3.63) is 59.2 Å². The maximum absolute atomic E-state index is 13.3. The predicted molar refractivity (Wildman–Crippen MR) is 139 cm³/mol. The summed E-state index contributed by atoms with van der Waals surface area (Å²) in [5.74, 6) is 2.23. The summed E-state index contributed by atoms with van der Waals surface area (Å²) >= 11 is 0. The number of carbonyl (C=O) groups excluding carboxylic acids is 1. The highest BCUT2D eigenvalue weighted by atomic mass is 16.6. The van der Waals surface area contributed by atoms with Gasteiger partial charge in [0.15, 0.2) is 23.4 Å². The number of hydrogen-bond acceptors (Lipinski definition) is 6. The van der Waals surface area contributed by atoms with Crippen molar-refractivity contribution in [2.24, 2.45) is 5.92 Å². The number of piperidine rings is 1. The maximum Gasteiger partial charge on any atom is 0.174 e. The summed E-state index contributed by atoms with van der Waals surface area (Å²) < 4.78 is 25.1. The number of carbonyl (C=O) groups is 1. The Morgan fingerprint density at radius 2 is 2.03 bits per heavy atom. The van der Waals surface area contributed by atoms with Gasteiger partial charge in [-0.2, -0.15) is 0 Å². The third-order valence-electron chi connectivity index (χ3n) is 9.79. The van der Waals surface area contributed by atoms with Gasteiger partial charge in [0.25, 0.3) is 0 Å². The summed E-state index contributed by atoms with van der Waals surface area (Å²) in [6, 6.07) is 14.9. The van der Waals surface area contributed by atoms with E-state index in [-0.39, 0.29) is 29.5 Å². The minimum Gasteiger partial charge on any atom is -0.484 e. The Morgan fingerprint density at radius 3 is 2.81 bits per heavy atom. The van der Waals surface area contributed by atoms with Crippen LogP contribution in [0.2, 0.25) is 0 Å². The molecule has 7 rings (SSSR count). The van der Waals surface area contributed by atoms with E-state index in [1.807, 2.05) is 25.1 Å². The molecule has 1 spiro atoms. The van der Waals surface area contributed by atoms with Crippen LogP contribution >= 0.6 is 0 Å². The van der Waals surface area contributed by atoms with Crippen molar-refractivity contribution in [3.63, 3.8) is 0 Å². The molecule has 2 bridgehead atoms. The fourth-order valence-electron chi connectivity index (χ4n) is 8.27. The number of likely N-dealkylation sites (tertiary alicyclic amines) is 1. The van der Waals surface area contributed by atoms with Crippen LogP contribution in [0, 0.1) is 5.92 Å². The van der Waals surface area contributed by atoms with E-state index in [2.05, 4.69) is 29.2 Å². The highest BCUT2D eigenvalue weighted by molar-refractivity contribution is 5.89. The fourth-order valence-corrected chi connectivity index (χ4v) is 8.27. The molecule has 0 aromatic heterocycles. The fraction of sp³-hybridized carbons (Fsp3) is 0.581. The molecular weight excluding hydrogens is 466 g/mol. The number of benzene rings is 2. The zero-order valence-electron chi connectivity index (χ0n) is 21.9. The molecule has 0 N–H and O–H groups in total. The summed E-state index contributed by atoms with van der Waals surface area (Å²) in [6.07, 6.45) is 5.39. The van der Waals surface area contributed by atoms with Crippen molar-refractivity contribution < 1.29 is 23.7 Å². The van der Waals surface area contributed by atoms with Gasteiger partial charge in [0.1, 0.15) is 12.2 Å². The van der Waals surface area contributed by atoms with Crippen LogP contribution in [0.5, 0.6) is 11.5 Å². The summed E-state index contributed by atoms with van der Waals surface area (Å²) in [5.41, 5.74) is 3.45. The predicted octanol–water partition coefficient (Wildman–Crippen LogP) is 4.63. The van der Waals surface area contributed by atoms with E-state index in [1.54, 1.807) is 7.11 Å². The molecule has 6 heteroatoms. The van der Waals surface area contributed by atoms with E-state index in [1.165, 1.54) is 17.5 Å². The van der Waals surface area contributed by atoms with Gasteiger partial charge in [-0.15, -0.1) is 0 Å². The van der Waals surface area contributed by atoms with Crippen LogP contribution in [0.25, 0.3) is 0 Å². The molecule has 3 heterocycles. The van der Waals surface area contributed by atoms with E-state index in [4.69, 9.17) is 18.9 Å². The molecule has 196 valence electrons. The Morgan fingerprint density at radius 1 is 1.16 bits per heavy atom. The topological polar surface area (TPSA) is 57.2 Å². The van der Waals surface area contributed by atoms with Gasteiger partial charge >= 0.3 is 0 Å². The van der Waals surface area contributed by atoms with E-state index in [0.717, 1.165) is 62.4 Å². The molecule has 37 heavy (non-hydrogen) atoms. The molecule has 5 aliphatic rings. The van der Waals surface area contributed by atoms with Gasteiger partial charge in [-0.1, -0.05) is 36.4 Å². The third-order valence-corrected chi connectivity index (χ3v) is 9.79. The molecule has 7 atom stereocenters. The maximum atomic E-state index is 13.3. The Hall–Kier alpha value is -2.41. The van der Waals surface area contributed by atoms with Crippen molar-refractivity contribution in [1.82, 2.24) is 4.90 Å². The Labute approximate surface area is 219 Å². The highest BCUT2D eigenvalue weighted by Crippen LogP contribution is 2.63. The van der Waals surface area contributed by atoms with Crippen molar-refractivity contribution in [1.29, 1.82) is 0 Å². The first-order valence-corrected chi connectivity index (χ1v) is 14.1. The van der Waals surface area contributed by atoms with Crippen molar-refractivity contribution >= 4 is 5.78 Å². The summed E-state index contributed by atoms with van der Waals surface area (Å²) in [6.45, 7) is 4.94. The van der Waals surface area contributed by atoms with Crippen molar-refractivity contribution in [3.8, 4) is 11.5 Å². The van der Waals surface area contributed by atoms with E-state index in [0.29, 0.717) is 24.5 Å². The summed E-state index contributed by atoms with van der Waals surface area (Å²) in [7, 11) is 1.72. The largest absolute Gasteiger partial charge is 0.484 e. The van der Waals surface area contributed by atoms with Crippen LogP contribution in [0.15, 0.2) is 42.5 Å². The van der Waals surface area contributed by atoms with Gasteiger partial charge in [0.2, 0.25) is 0 Å². The molecule has 6 nitrogen and oxygen atoms in total. The van der Waals surface area contributed by atoms with Crippen molar-refractivity contribution in [2.75, 3.05) is 26.8 Å². The van der Waals surface area contributed by atoms with Crippen molar-refractivity contribution in [2.45, 2.75) is 81.3 Å². The molecule has 4 unspecified atom stereocenters. The number of Topliss-reactive ketones (excluding diaryl/α,β-unsaturated/α-hetero) is 1. The average molecular weight is 504 g/mol. The number of methoxy groups -OCH3 is 1. The smallest absolute Gasteiger partial charge is 0.174 e. The lowest BCUT2D eigenvalue weighted by Crippen LogP contribution is -2.66. The number of ketones is 1. The molecule has 3 fully saturated rings. The Bertz CT molecular complexity index is 1180. The van der Waals surface area contributed by atoms with Crippen LogP contribution in [0.1, 0.15) is 61.8 Å². The van der Waals surface area contributed by atoms with Crippen LogP contribution in [0.4, 0.5) is 0 Å².